The lowest BCUT2D eigenvalue weighted by Gasteiger charge is -2.54. The monoisotopic (exact) mass is 248 g/mol. The summed E-state index contributed by atoms with van der Waals surface area (Å²) in [6.07, 6.45) is 6.80. The number of nitrogens with two attached hydrogens (primary N) is 1. The van der Waals surface area contributed by atoms with Crippen LogP contribution < -0.4 is 10.6 Å². The third-order valence-electron chi connectivity index (χ3n) is 4.61. The Morgan fingerprint density at radius 3 is 2.56 bits per heavy atom. The van der Waals surface area contributed by atoms with Crippen molar-refractivity contribution in [1.82, 2.24) is 0 Å². The van der Waals surface area contributed by atoms with E-state index in [9.17, 15) is 4.39 Å². The summed E-state index contributed by atoms with van der Waals surface area (Å²) < 4.78 is 13.7. The molecule has 98 valence electrons. The Hall–Kier alpha value is -1.09. The molecule has 2 fully saturated rings. The minimum absolute atomic E-state index is 0.167. The van der Waals surface area contributed by atoms with Gasteiger partial charge in [-0.1, -0.05) is 25.3 Å². The van der Waals surface area contributed by atoms with Gasteiger partial charge in [0.2, 0.25) is 0 Å². The van der Waals surface area contributed by atoms with Gasteiger partial charge in [-0.25, -0.2) is 4.39 Å². The van der Waals surface area contributed by atoms with E-state index in [4.69, 9.17) is 5.73 Å². The molecule has 1 heterocycles. The fourth-order valence-corrected chi connectivity index (χ4v) is 3.60. The van der Waals surface area contributed by atoms with Gasteiger partial charge in [-0.15, -0.1) is 0 Å². The molecule has 3 rings (SSSR count). The van der Waals surface area contributed by atoms with Crippen molar-refractivity contribution in [1.29, 1.82) is 0 Å². The number of nitrogens with zero attached hydrogens (tertiary/aromatic N) is 1. The minimum atomic E-state index is -0.167. The molecule has 1 aliphatic heterocycles. The molecule has 1 aromatic carbocycles. The highest BCUT2D eigenvalue weighted by molar-refractivity contribution is 5.56. The summed E-state index contributed by atoms with van der Waals surface area (Å²) in [6, 6.07) is 5.29. The van der Waals surface area contributed by atoms with Gasteiger partial charge in [0, 0.05) is 36.3 Å². The van der Waals surface area contributed by atoms with Crippen LogP contribution in [-0.2, 0) is 6.54 Å². The molecule has 0 radical (unpaired) electrons. The molecule has 1 aliphatic carbocycles. The number of halogens is 1. The Labute approximate surface area is 108 Å². The molecule has 0 amide bonds. The summed E-state index contributed by atoms with van der Waals surface area (Å²) in [4.78, 5) is 2.30. The van der Waals surface area contributed by atoms with Crippen LogP contribution in [0.2, 0.25) is 0 Å². The molecule has 1 saturated heterocycles. The molecule has 0 atom stereocenters. The highest BCUT2D eigenvalue weighted by atomic mass is 19.1. The van der Waals surface area contributed by atoms with Crippen LogP contribution in [0.15, 0.2) is 18.2 Å². The summed E-state index contributed by atoms with van der Waals surface area (Å²) in [5.41, 5.74) is 7.87. The smallest absolute Gasteiger partial charge is 0.129 e. The van der Waals surface area contributed by atoms with Gasteiger partial charge in [-0.2, -0.15) is 0 Å². The first-order valence-electron chi connectivity index (χ1n) is 6.97. The van der Waals surface area contributed by atoms with Crippen molar-refractivity contribution >= 4 is 5.69 Å². The maximum absolute atomic E-state index is 13.7. The lowest BCUT2D eigenvalue weighted by atomic mass is 9.68. The topological polar surface area (TPSA) is 29.3 Å². The predicted octanol–water partition coefficient (Wildman–Crippen LogP) is 3.05. The lowest BCUT2D eigenvalue weighted by Crippen LogP contribution is -2.57. The summed E-state index contributed by atoms with van der Waals surface area (Å²) in [5, 5.41) is 0. The predicted molar refractivity (Wildman–Crippen MR) is 72.0 cm³/mol. The zero-order valence-corrected chi connectivity index (χ0v) is 10.8. The molecule has 2 N–H and O–H groups in total. The average Bonchev–Trinajstić information content (AvgIpc) is 2.36. The molecule has 18 heavy (non-hydrogen) atoms. The van der Waals surface area contributed by atoms with E-state index in [0.717, 1.165) is 18.8 Å². The second-order valence-electron chi connectivity index (χ2n) is 5.86. The summed E-state index contributed by atoms with van der Waals surface area (Å²) >= 11 is 0. The Bertz CT molecular complexity index is 430. The first-order valence-corrected chi connectivity index (χ1v) is 6.97. The molecule has 2 aliphatic rings. The Kier molecular flexibility index (Phi) is 3.02. The van der Waals surface area contributed by atoms with E-state index >= 15 is 0 Å². The van der Waals surface area contributed by atoms with Gasteiger partial charge in [0.05, 0.1) is 0 Å². The summed E-state index contributed by atoms with van der Waals surface area (Å²) in [6.45, 7) is 2.46. The van der Waals surface area contributed by atoms with E-state index in [2.05, 4.69) is 4.90 Å². The van der Waals surface area contributed by atoms with E-state index < -0.39 is 0 Å². The summed E-state index contributed by atoms with van der Waals surface area (Å²) in [5.74, 6) is -0.167. The van der Waals surface area contributed by atoms with Crippen LogP contribution in [-0.4, -0.2) is 13.1 Å². The second kappa shape index (κ2) is 4.54. The number of benzene rings is 1. The molecule has 3 heteroatoms. The third kappa shape index (κ3) is 1.91. The van der Waals surface area contributed by atoms with E-state index in [1.54, 1.807) is 6.07 Å². The van der Waals surface area contributed by atoms with Crippen molar-refractivity contribution in [2.45, 2.75) is 38.6 Å². The van der Waals surface area contributed by atoms with E-state index in [0.29, 0.717) is 11.0 Å². The zero-order valence-electron chi connectivity index (χ0n) is 10.8. The van der Waals surface area contributed by atoms with Crippen molar-refractivity contribution in [3.05, 3.63) is 29.6 Å². The average molecular weight is 248 g/mol. The van der Waals surface area contributed by atoms with Crippen LogP contribution in [0.3, 0.4) is 0 Å². The first kappa shape index (κ1) is 12.0. The van der Waals surface area contributed by atoms with E-state index in [1.165, 1.54) is 38.2 Å². The molecule has 1 spiro atoms. The second-order valence-corrected chi connectivity index (χ2v) is 5.86. The van der Waals surface area contributed by atoms with Crippen LogP contribution in [0.4, 0.5) is 10.1 Å². The van der Waals surface area contributed by atoms with Crippen molar-refractivity contribution in [3.8, 4) is 0 Å². The van der Waals surface area contributed by atoms with Crippen LogP contribution in [0.25, 0.3) is 0 Å². The van der Waals surface area contributed by atoms with Gasteiger partial charge in [-0.3, -0.25) is 0 Å². The fourth-order valence-electron chi connectivity index (χ4n) is 3.60. The quantitative estimate of drug-likeness (QED) is 0.871. The zero-order chi connectivity index (χ0) is 12.6. The van der Waals surface area contributed by atoms with Gasteiger partial charge < -0.3 is 10.6 Å². The van der Waals surface area contributed by atoms with Crippen molar-refractivity contribution in [3.63, 3.8) is 0 Å². The molecule has 1 saturated carbocycles. The summed E-state index contributed by atoms with van der Waals surface area (Å²) in [7, 11) is 0. The van der Waals surface area contributed by atoms with Crippen LogP contribution in [0.5, 0.6) is 0 Å². The molecular formula is C15H21FN2. The van der Waals surface area contributed by atoms with Gasteiger partial charge in [0.1, 0.15) is 5.82 Å². The van der Waals surface area contributed by atoms with Gasteiger partial charge in [0.25, 0.3) is 0 Å². The highest BCUT2D eigenvalue weighted by Crippen LogP contribution is 2.46. The Morgan fingerprint density at radius 2 is 1.89 bits per heavy atom. The van der Waals surface area contributed by atoms with Crippen LogP contribution in [0, 0.1) is 11.2 Å². The molecule has 2 nitrogen and oxygen atoms in total. The minimum Gasteiger partial charge on any atom is -0.370 e. The standard InChI is InChI=1S/C15H21FN2/c16-13-5-4-6-14(12(13)9-17)18-10-15(11-18)7-2-1-3-8-15/h4-6H,1-3,7-11,17H2. The Balaban J connectivity index is 1.76. The SMILES string of the molecule is NCc1c(F)cccc1N1CC2(CCCCC2)C1. The number of hydrogen-bond acceptors (Lipinski definition) is 2. The van der Waals surface area contributed by atoms with Gasteiger partial charge in [-0.05, 0) is 25.0 Å². The van der Waals surface area contributed by atoms with Crippen LogP contribution in [0.1, 0.15) is 37.7 Å². The number of hydrogen-bond donors (Lipinski definition) is 1. The maximum atomic E-state index is 13.7. The van der Waals surface area contributed by atoms with Crippen molar-refractivity contribution < 1.29 is 4.39 Å². The molecule has 1 aromatic rings. The molecule has 0 aromatic heterocycles. The largest absolute Gasteiger partial charge is 0.370 e. The fraction of sp³-hybridized carbons (Fsp3) is 0.600. The molecule has 0 bridgehead atoms. The number of anilines is 1. The van der Waals surface area contributed by atoms with Crippen molar-refractivity contribution in [2.75, 3.05) is 18.0 Å². The highest BCUT2D eigenvalue weighted by Gasteiger charge is 2.43. The van der Waals surface area contributed by atoms with Gasteiger partial charge in [0.15, 0.2) is 0 Å². The number of rotatable bonds is 2. The van der Waals surface area contributed by atoms with Crippen LogP contribution >= 0.6 is 0 Å². The molecule has 0 unspecified atom stereocenters. The Morgan fingerprint density at radius 1 is 1.17 bits per heavy atom. The first-order chi connectivity index (χ1) is 8.74. The lowest BCUT2D eigenvalue weighted by molar-refractivity contribution is 0.139. The van der Waals surface area contributed by atoms with E-state index in [-0.39, 0.29) is 12.4 Å². The third-order valence-corrected chi connectivity index (χ3v) is 4.61. The van der Waals surface area contributed by atoms with Gasteiger partial charge >= 0.3 is 0 Å². The normalized spacial score (nSPS) is 22.0. The van der Waals surface area contributed by atoms with E-state index in [1.807, 2.05) is 6.07 Å². The maximum Gasteiger partial charge on any atom is 0.129 e. The molecular weight excluding hydrogens is 227 g/mol. The van der Waals surface area contributed by atoms with Crippen molar-refractivity contribution in [2.24, 2.45) is 11.1 Å².